The van der Waals surface area contributed by atoms with E-state index in [1.807, 2.05) is 41.9 Å². The third-order valence-electron chi connectivity index (χ3n) is 6.04. The number of hydrogen-bond acceptors (Lipinski definition) is 3. The van der Waals surface area contributed by atoms with Gasteiger partial charge in [-0.1, -0.05) is 24.3 Å². The second-order valence-corrected chi connectivity index (χ2v) is 7.95. The van der Waals surface area contributed by atoms with E-state index in [1.54, 1.807) is 30.3 Å². The third-order valence-corrected chi connectivity index (χ3v) is 6.04. The van der Waals surface area contributed by atoms with Gasteiger partial charge in [-0.3, -0.25) is 9.59 Å². The fraction of sp³-hybridized carbons (Fsp3) is 0.0370. The van der Waals surface area contributed by atoms with E-state index < -0.39 is 0 Å². The Morgan fingerprint density at radius 1 is 0.844 bits per heavy atom. The molecule has 0 saturated carbocycles. The number of hydrogen-bond donors (Lipinski definition) is 0. The number of benzene rings is 3. The lowest BCUT2D eigenvalue weighted by atomic mass is 10.0. The standard InChI is InChI=1S/C27H16FNO3/c1-29-23(15-6-8-18(28)9-7-15)14-25-24(29)13-19(32-25)12-22-26(30)20-10-16-4-2-3-5-17(16)11-21(20)27(22)31/h2-14H,1H3. The van der Waals surface area contributed by atoms with Crippen LogP contribution in [0.3, 0.4) is 0 Å². The average Bonchev–Trinajstić information content (AvgIpc) is 3.41. The molecule has 0 saturated heterocycles. The number of Topliss-reactive ketones (excluding diaryl/α,β-unsaturated/α-hetero) is 2. The number of furan rings is 1. The van der Waals surface area contributed by atoms with Gasteiger partial charge >= 0.3 is 0 Å². The Bertz CT molecular complexity index is 1560. The van der Waals surface area contributed by atoms with Gasteiger partial charge in [0.05, 0.1) is 16.8 Å². The third kappa shape index (κ3) is 2.68. The Balaban J connectivity index is 1.40. The van der Waals surface area contributed by atoms with Crippen LogP contribution in [0, 0.1) is 5.82 Å². The molecule has 5 aromatic rings. The summed E-state index contributed by atoms with van der Waals surface area (Å²) in [5, 5.41) is 1.84. The highest BCUT2D eigenvalue weighted by Crippen LogP contribution is 2.34. The first-order valence-electron chi connectivity index (χ1n) is 10.2. The van der Waals surface area contributed by atoms with Crippen molar-refractivity contribution in [1.29, 1.82) is 0 Å². The molecule has 0 bridgehead atoms. The molecule has 1 aliphatic carbocycles. The first-order chi connectivity index (χ1) is 15.5. The lowest BCUT2D eigenvalue weighted by Crippen LogP contribution is -1.99. The Kier molecular flexibility index (Phi) is 3.83. The van der Waals surface area contributed by atoms with Gasteiger partial charge in [-0.25, -0.2) is 4.39 Å². The molecule has 0 fully saturated rings. The van der Waals surface area contributed by atoms with Crippen LogP contribution in [-0.2, 0) is 7.05 Å². The Labute approximate surface area is 182 Å². The van der Waals surface area contributed by atoms with Gasteiger partial charge in [0.2, 0.25) is 0 Å². The van der Waals surface area contributed by atoms with Crippen LogP contribution < -0.4 is 0 Å². The highest BCUT2D eigenvalue weighted by Gasteiger charge is 2.33. The molecule has 32 heavy (non-hydrogen) atoms. The fourth-order valence-corrected chi connectivity index (χ4v) is 4.38. The summed E-state index contributed by atoms with van der Waals surface area (Å²) in [4.78, 5) is 26.0. The molecule has 0 unspecified atom stereocenters. The van der Waals surface area contributed by atoms with Crippen LogP contribution in [0.15, 0.2) is 82.8 Å². The zero-order valence-electron chi connectivity index (χ0n) is 17.1. The predicted molar refractivity (Wildman–Crippen MR) is 121 cm³/mol. The van der Waals surface area contributed by atoms with Crippen molar-refractivity contribution in [2.75, 3.05) is 0 Å². The number of allylic oxidation sites excluding steroid dienone is 1. The molecule has 2 aromatic heterocycles. The molecule has 0 amide bonds. The topological polar surface area (TPSA) is 52.2 Å². The molecule has 1 aliphatic rings. The number of nitrogens with zero attached hydrogens (tertiary/aromatic N) is 1. The molecule has 2 heterocycles. The number of rotatable bonds is 2. The summed E-state index contributed by atoms with van der Waals surface area (Å²) in [6, 6.07) is 21.1. The maximum atomic E-state index is 13.3. The van der Waals surface area contributed by atoms with Gasteiger partial charge in [-0.05, 0) is 58.8 Å². The molecule has 4 nitrogen and oxygen atoms in total. The predicted octanol–water partition coefficient (Wildman–Crippen LogP) is 6.19. The molecular formula is C27H16FNO3. The van der Waals surface area contributed by atoms with Crippen LogP contribution in [0.5, 0.6) is 0 Å². The van der Waals surface area contributed by atoms with Gasteiger partial charge in [-0.15, -0.1) is 0 Å². The summed E-state index contributed by atoms with van der Waals surface area (Å²) in [7, 11) is 1.89. The first kappa shape index (κ1) is 18.5. The van der Waals surface area contributed by atoms with Crippen molar-refractivity contribution in [2.24, 2.45) is 7.05 Å². The molecule has 0 atom stereocenters. The number of halogens is 1. The van der Waals surface area contributed by atoms with Gasteiger partial charge in [0.15, 0.2) is 17.1 Å². The summed E-state index contributed by atoms with van der Waals surface area (Å²) >= 11 is 0. The molecule has 5 heteroatoms. The molecule has 0 radical (unpaired) electrons. The number of carbonyl (C=O) groups excluding carboxylic acids is 2. The minimum Gasteiger partial charge on any atom is -0.455 e. The van der Waals surface area contributed by atoms with Gasteiger partial charge in [0.1, 0.15) is 11.6 Å². The molecule has 0 spiro atoms. The SMILES string of the molecule is Cn1c(-c2ccc(F)cc2)cc2oc(C=C3C(=O)c4cc5ccccc5cc4C3=O)cc21. The van der Waals surface area contributed by atoms with Crippen LogP contribution in [0.4, 0.5) is 4.39 Å². The van der Waals surface area contributed by atoms with Gasteiger partial charge in [0.25, 0.3) is 0 Å². The monoisotopic (exact) mass is 421 g/mol. The second-order valence-electron chi connectivity index (χ2n) is 7.95. The number of ketones is 2. The van der Waals surface area contributed by atoms with Crippen molar-refractivity contribution in [1.82, 2.24) is 4.57 Å². The molecule has 6 rings (SSSR count). The smallest absolute Gasteiger partial charge is 0.197 e. The highest BCUT2D eigenvalue weighted by atomic mass is 19.1. The van der Waals surface area contributed by atoms with Crippen molar-refractivity contribution in [3.8, 4) is 11.3 Å². The maximum Gasteiger partial charge on any atom is 0.197 e. The zero-order valence-corrected chi connectivity index (χ0v) is 17.1. The van der Waals surface area contributed by atoms with E-state index in [2.05, 4.69) is 0 Å². The second kappa shape index (κ2) is 6.62. The van der Waals surface area contributed by atoms with E-state index in [1.165, 1.54) is 18.2 Å². The molecule has 3 aromatic carbocycles. The number of aromatic nitrogens is 1. The molecule has 154 valence electrons. The van der Waals surface area contributed by atoms with Crippen molar-refractivity contribution in [3.05, 3.63) is 101 Å². The summed E-state index contributed by atoms with van der Waals surface area (Å²) in [6.07, 6.45) is 1.52. The lowest BCUT2D eigenvalue weighted by Gasteiger charge is -2.03. The maximum absolute atomic E-state index is 13.3. The van der Waals surface area contributed by atoms with Crippen molar-refractivity contribution in [3.63, 3.8) is 0 Å². The summed E-state index contributed by atoms with van der Waals surface area (Å²) in [5.41, 5.74) is 4.14. The Hall–Kier alpha value is -4.25. The fourth-order valence-electron chi connectivity index (χ4n) is 4.38. The van der Waals surface area contributed by atoms with Gasteiger partial charge < -0.3 is 8.98 Å². The number of fused-ring (bicyclic) bond motifs is 3. The Morgan fingerprint density at radius 2 is 1.47 bits per heavy atom. The van der Waals surface area contributed by atoms with E-state index in [9.17, 15) is 14.0 Å². The van der Waals surface area contributed by atoms with Gasteiger partial charge in [0, 0.05) is 30.3 Å². The van der Waals surface area contributed by atoms with E-state index in [0.29, 0.717) is 22.5 Å². The quantitative estimate of drug-likeness (QED) is 0.252. The van der Waals surface area contributed by atoms with Crippen LogP contribution in [-0.4, -0.2) is 16.1 Å². The Morgan fingerprint density at radius 3 is 2.06 bits per heavy atom. The van der Waals surface area contributed by atoms with Crippen molar-refractivity contribution >= 4 is 39.5 Å². The van der Waals surface area contributed by atoms with Crippen molar-refractivity contribution in [2.45, 2.75) is 0 Å². The highest BCUT2D eigenvalue weighted by molar-refractivity contribution is 6.42. The summed E-state index contributed by atoms with van der Waals surface area (Å²) in [5.74, 6) is -0.433. The minimum absolute atomic E-state index is 0.105. The largest absolute Gasteiger partial charge is 0.455 e. The molecular weight excluding hydrogens is 405 g/mol. The summed E-state index contributed by atoms with van der Waals surface area (Å²) < 4.78 is 21.1. The zero-order chi connectivity index (χ0) is 22.0. The molecule has 0 N–H and O–H groups in total. The normalized spacial score (nSPS) is 13.4. The number of aryl methyl sites for hydroxylation is 1. The van der Waals surface area contributed by atoms with Gasteiger partial charge in [-0.2, -0.15) is 0 Å². The van der Waals surface area contributed by atoms with E-state index in [-0.39, 0.29) is 23.0 Å². The summed E-state index contributed by atoms with van der Waals surface area (Å²) in [6.45, 7) is 0. The van der Waals surface area contributed by atoms with Crippen LogP contribution in [0.25, 0.3) is 39.2 Å². The average molecular weight is 421 g/mol. The van der Waals surface area contributed by atoms with Crippen LogP contribution in [0.2, 0.25) is 0 Å². The van der Waals surface area contributed by atoms with E-state index >= 15 is 0 Å². The number of carbonyl (C=O) groups is 2. The lowest BCUT2D eigenvalue weighted by molar-refractivity contribution is 0.0990. The van der Waals surface area contributed by atoms with E-state index in [4.69, 9.17) is 4.42 Å². The van der Waals surface area contributed by atoms with Crippen molar-refractivity contribution < 1.29 is 18.4 Å². The van der Waals surface area contributed by atoms with Crippen LogP contribution >= 0.6 is 0 Å². The van der Waals surface area contributed by atoms with E-state index in [0.717, 1.165) is 27.5 Å². The first-order valence-corrected chi connectivity index (χ1v) is 10.2. The molecule has 0 aliphatic heterocycles. The van der Waals surface area contributed by atoms with Crippen LogP contribution in [0.1, 0.15) is 26.5 Å². The minimum atomic E-state index is -0.291.